The minimum atomic E-state index is -4.78. The molecule has 0 aliphatic carbocycles. The molecule has 0 spiro atoms. The zero-order valence-corrected chi connectivity index (χ0v) is 8.12. The van der Waals surface area contributed by atoms with Crippen molar-refractivity contribution >= 4 is 0 Å². The van der Waals surface area contributed by atoms with Crippen molar-refractivity contribution in [1.82, 2.24) is 4.98 Å². The molecule has 1 heterocycles. The molecule has 90 valence electrons. The van der Waals surface area contributed by atoms with E-state index in [4.69, 9.17) is 0 Å². The van der Waals surface area contributed by atoms with E-state index in [1.165, 1.54) is 12.1 Å². The normalized spacial score (nSPS) is 11.8. The lowest BCUT2D eigenvalue weighted by Crippen LogP contribution is -2.04. The number of hydrogen-bond donors (Lipinski definition) is 1. The Balaban J connectivity index is 2.46. The van der Waals surface area contributed by atoms with Gasteiger partial charge in [0.1, 0.15) is 5.82 Å². The Morgan fingerprint density at radius 1 is 1.12 bits per heavy atom. The predicted octanol–water partition coefficient (Wildman–Crippen LogP) is 3.21. The first-order chi connectivity index (χ1) is 7.88. The first-order valence-electron chi connectivity index (χ1n) is 4.41. The Bertz CT molecular complexity index is 530. The van der Waals surface area contributed by atoms with Crippen molar-refractivity contribution < 1.29 is 27.1 Å². The van der Waals surface area contributed by atoms with E-state index in [2.05, 4.69) is 9.40 Å². The number of hydrogen-bond acceptors (Lipinski definition) is 3. The number of benzene rings is 1. The summed E-state index contributed by atoms with van der Waals surface area (Å²) in [7, 11) is 0. The molecule has 0 saturated carbocycles. The van der Waals surface area contributed by atoms with Gasteiger partial charge in [0.15, 0.2) is 5.69 Å². The summed E-state index contributed by atoms with van der Waals surface area (Å²) >= 11 is 0. The van der Waals surface area contributed by atoms with Crippen LogP contribution in [0, 0.1) is 5.82 Å². The highest BCUT2D eigenvalue weighted by molar-refractivity contribution is 5.63. The van der Waals surface area contributed by atoms with Gasteiger partial charge in [0, 0.05) is 5.56 Å². The maximum atomic E-state index is 12.6. The maximum Gasteiger partial charge on any atom is 0.469 e. The molecule has 0 amide bonds. The average molecular weight is 247 g/mol. The molecule has 3 nitrogen and oxygen atoms in total. The van der Waals surface area contributed by atoms with E-state index in [-0.39, 0.29) is 11.3 Å². The number of nitrogens with zero attached hydrogens (tertiary/aromatic N) is 1. The molecule has 0 atom stereocenters. The number of alkyl halides is 3. The first-order valence-corrected chi connectivity index (χ1v) is 4.41. The van der Waals surface area contributed by atoms with E-state index >= 15 is 0 Å². The second-order valence-corrected chi connectivity index (χ2v) is 3.18. The predicted molar refractivity (Wildman–Crippen MR) is 48.6 cm³/mol. The van der Waals surface area contributed by atoms with Gasteiger partial charge in [-0.3, -0.25) is 0 Å². The Morgan fingerprint density at radius 2 is 1.71 bits per heavy atom. The van der Waals surface area contributed by atoms with E-state index in [1.807, 2.05) is 0 Å². The van der Waals surface area contributed by atoms with Crippen LogP contribution in [0.2, 0.25) is 0 Å². The largest absolute Gasteiger partial charge is 0.479 e. The van der Waals surface area contributed by atoms with Crippen LogP contribution in [0.25, 0.3) is 11.3 Å². The van der Waals surface area contributed by atoms with Gasteiger partial charge in [-0.05, 0) is 24.3 Å². The smallest absolute Gasteiger partial charge is 0.469 e. The second kappa shape index (κ2) is 3.76. The molecule has 0 fully saturated rings. The van der Waals surface area contributed by atoms with Crippen LogP contribution in [-0.4, -0.2) is 10.1 Å². The quantitative estimate of drug-likeness (QED) is 0.787. The molecule has 0 aliphatic rings. The van der Waals surface area contributed by atoms with Gasteiger partial charge in [-0.2, -0.15) is 13.2 Å². The van der Waals surface area contributed by atoms with E-state index in [9.17, 15) is 22.7 Å². The summed E-state index contributed by atoms with van der Waals surface area (Å²) in [6.07, 6.45) is -4.78. The fourth-order valence-electron chi connectivity index (χ4n) is 1.23. The zero-order chi connectivity index (χ0) is 12.6. The van der Waals surface area contributed by atoms with E-state index in [0.29, 0.717) is 0 Å². The summed E-state index contributed by atoms with van der Waals surface area (Å²) < 4.78 is 53.4. The third-order valence-electron chi connectivity index (χ3n) is 1.97. The average Bonchev–Trinajstić information content (AvgIpc) is 2.61. The van der Waals surface area contributed by atoms with Crippen molar-refractivity contribution in [2.24, 2.45) is 0 Å². The molecule has 0 saturated heterocycles. The topological polar surface area (TPSA) is 46.3 Å². The van der Waals surface area contributed by atoms with Gasteiger partial charge < -0.3 is 9.52 Å². The summed E-state index contributed by atoms with van der Waals surface area (Å²) in [5.74, 6) is -3.05. The van der Waals surface area contributed by atoms with Gasteiger partial charge in [0.25, 0.3) is 0 Å². The summed E-state index contributed by atoms with van der Waals surface area (Å²) in [6.45, 7) is 0. The van der Waals surface area contributed by atoms with Gasteiger partial charge in [0.2, 0.25) is 0 Å². The number of rotatable bonds is 1. The zero-order valence-electron chi connectivity index (χ0n) is 8.12. The summed E-state index contributed by atoms with van der Waals surface area (Å²) in [5, 5.41) is 9.19. The lowest BCUT2D eigenvalue weighted by molar-refractivity contribution is -0.157. The summed E-state index contributed by atoms with van der Waals surface area (Å²) in [6, 6.07) is 4.45. The molecule has 1 aromatic carbocycles. The van der Waals surface area contributed by atoms with Crippen LogP contribution >= 0.6 is 0 Å². The van der Waals surface area contributed by atoms with Gasteiger partial charge >= 0.3 is 18.0 Å². The third-order valence-corrected chi connectivity index (χ3v) is 1.97. The molecule has 7 heteroatoms. The molecular formula is C10H5F4NO2. The maximum absolute atomic E-state index is 12.6. The van der Waals surface area contributed by atoms with Gasteiger partial charge in [0.05, 0.1) is 0 Å². The highest BCUT2D eigenvalue weighted by Crippen LogP contribution is 2.36. The fourth-order valence-corrected chi connectivity index (χ4v) is 1.23. The van der Waals surface area contributed by atoms with Crippen LogP contribution in [0.1, 0.15) is 5.89 Å². The van der Waals surface area contributed by atoms with Crippen molar-refractivity contribution in [2.45, 2.75) is 6.18 Å². The first kappa shape index (κ1) is 11.4. The molecule has 2 aromatic rings. The minimum Gasteiger partial charge on any atom is -0.479 e. The van der Waals surface area contributed by atoms with E-state index < -0.39 is 23.8 Å². The highest BCUT2D eigenvalue weighted by atomic mass is 19.4. The van der Waals surface area contributed by atoms with Crippen molar-refractivity contribution in [2.75, 3.05) is 0 Å². The van der Waals surface area contributed by atoms with Crippen LogP contribution in [-0.2, 0) is 6.18 Å². The molecule has 0 radical (unpaired) electrons. The molecule has 17 heavy (non-hydrogen) atoms. The summed E-state index contributed by atoms with van der Waals surface area (Å²) in [4.78, 5) is 3.12. The molecule has 2 rings (SSSR count). The van der Waals surface area contributed by atoms with Crippen LogP contribution in [0.5, 0.6) is 5.95 Å². The molecule has 1 aromatic heterocycles. The molecule has 1 N–H and O–H groups in total. The standard InChI is InChI=1S/C10H5F4NO2/c11-6-3-1-5(2-4-6)7-8(16)17-9(15-7)10(12,13)14/h1-4,16H. The van der Waals surface area contributed by atoms with Gasteiger partial charge in [-0.15, -0.1) is 0 Å². The number of aromatic nitrogens is 1. The molecule has 0 aliphatic heterocycles. The van der Waals surface area contributed by atoms with Crippen molar-refractivity contribution in [3.8, 4) is 17.2 Å². The minimum absolute atomic E-state index is 0.128. The van der Waals surface area contributed by atoms with Crippen molar-refractivity contribution in [3.05, 3.63) is 36.0 Å². The SMILES string of the molecule is Oc1oc(C(F)(F)F)nc1-c1ccc(F)cc1. The van der Waals surface area contributed by atoms with Crippen LogP contribution in [0.4, 0.5) is 17.6 Å². The Kier molecular flexibility index (Phi) is 2.53. The lowest BCUT2D eigenvalue weighted by atomic mass is 10.2. The van der Waals surface area contributed by atoms with E-state index in [1.54, 1.807) is 0 Å². The van der Waals surface area contributed by atoms with Crippen LogP contribution in [0.15, 0.2) is 28.7 Å². The Morgan fingerprint density at radius 3 is 2.18 bits per heavy atom. The van der Waals surface area contributed by atoms with Crippen LogP contribution < -0.4 is 0 Å². The molecule has 0 unspecified atom stereocenters. The van der Waals surface area contributed by atoms with Gasteiger partial charge in [-0.25, -0.2) is 9.37 Å². The molecule has 0 bridgehead atoms. The fraction of sp³-hybridized carbons (Fsp3) is 0.100. The number of halogens is 4. The Labute approximate surface area is 92.3 Å². The van der Waals surface area contributed by atoms with Crippen LogP contribution in [0.3, 0.4) is 0 Å². The number of oxazole rings is 1. The van der Waals surface area contributed by atoms with Crippen molar-refractivity contribution in [1.29, 1.82) is 0 Å². The molecular weight excluding hydrogens is 242 g/mol. The van der Waals surface area contributed by atoms with Gasteiger partial charge in [-0.1, -0.05) is 0 Å². The second-order valence-electron chi connectivity index (χ2n) is 3.18. The Hall–Kier alpha value is -2.05. The summed E-state index contributed by atoms with van der Waals surface area (Å²) in [5.41, 5.74) is -0.250. The van der Waals surface area contributed by atoms with E-state index in [0.717, 1.165) is 12.1 Å². The third kappa shape index (κ3) is 2.22. The van der Waals surface area contributed by atoms with Crippen molar-refractivity contribution in [3.63, 3.8) is 0 Å². The highest BCUT2D eigenvalue weighted by Gasteiger charge is 2.38. The lowest BCUT2D eigenvalue weighted by Gasteiger charge is -1.97. The monoisotopic (exact) mass is 247 g/mol. The number of aromatic hydroxyl groups is 1.